The summed E-state index contributed by atoms with van der Waals surface area (Å²) < 4.78 is 23.6. The Labute approximate surface area is 192 Å². The fourth-order valence-electron chi connectivity index (χ4n) is 3.99. The summed E-state index contributed by atoms with van der Waals surface area (Å²) in [6.45, 7) is 11.6. The zero-order valence-electron chi connectivity index (χ0n) is 19.8. The van der Waals surface area contributed by atoms with E-state index in [0.717, 1.165) is 27.7 Å². The van der Waals surface area contributed by atoms with Crippen LogP contribution < -0.4 is 4.90 Å². The molecule has 4 rings (SSSR count). The van der Waals surface area contributed by atoms with Crippen LogP contribution in [0.3, 0.4) is 0 Å². The van der Waals surface area contributed by atoms with Gasteiger partial charge in [-0.15, -0.1) is 6.58 Å². The van der Waals surface area contributed by atoms with Crippen molar-refractivity contribution in [2.75, 3.05) is 11.9 Å². The lowest BCUT2D eigenvalue weighted by Gasteiger charge is -2.24. The second kappa shape index (κ2) is 8.03. The molecule has 1 amide bonds. The number of nitrogens with zero attached hydrogens (tertiary/aromatic N) is 5. The number of amides is 1. The molecule has 0 fully saturated rings. The highest BCUT2D eigenvalue weighted by Crippen LogP contribution is 2.36. The van der Waals surface area contributed by atoms with E-state index in [-0.39, 0.29) is 5.82 Å². The van der Waals surface area contributed by atoms with Crippen molar-refractivity contribution in [3.05, 3.63) is 54.6 Å². The molecule has 33 heavy (non-hydrogen) atoms. The first kappa shape index (κ1) is 22.5. The van der Waals surface area contributed by atoms with Crippen LogP contribution in [0.5, 0.6) is 0 Å². The number of imidazole rings is 1. The number of hydrogen-bond donors (Lipinski definition) is 0. The van der Waals surface area contributed by atoms with Crippen molar-refractivity contribution in [2.45, 2.75) is 39.8 Å². The van der Waals surface area contributed by atoms with Crippen molar-refractivity contribution in [3.8, 4) is 11.3 Å². The summed E-state index contributed by atoms with van der Waals surface area (Å²) >= 11 is 0. The molecule has 0 radical (unpaired) electrons. The molecule has 1 aromatic carbocycles. The summed E-state index contributed by atoms with van der Waals surface area (Å²) in [7, 11) is 3.51. The largest absolute Gasteiger partial charge is 0.443 e. The van der Waals surface area contributed by atoms with Gasteiger partial charge in [0.2, 0.25) is 0 Å². The lowest BCUT2D eigenvalue weighted by molar-refractivity contribution is 0.0588. The Kier molecular flexibility index (Phi) is 5.47. The number of carbonyl (C=O) groups excluding carboxylic acids is 1. The van der Waals surface area contributed by atoms with Crippen LogP contribution in [0.15, 0.2) is 43.2 Å². The molecule has 0 spiro atoms. The Morgan fingerprint density at radius 2 is 2.00 bits per heavy atom. The van der Waals surface area contributed by atoms with E-state index in [4.69, 9.17) is 9.72 Å². The summed E-state index contributed by atoms with van der Waals surface area (Å²) in [6, 6.07) is 6.93. The number of ether oxygens (including phenoxy) is 1. The monoisotopic (exact) mass is 449 g/mol. The van der Waals surface area contributed by atoms with Gasteiger partial charge in [-0.1, -0.05) is 6.08 Å². The number of rotatable bonds is 4. The number of anilines is 1. The molecular formula is C25H28FN5O2. The van der Waals surface area contributed by atoms with Gasteiger partial charge < -0.3 is 13.9 Å². The standard InChI is InChI=1S/C25H28FN5O2/c1-8-9-31-19(16-10-15(2)11-17(26)12-16)13-18-21-20(27-14-29(21)6)23(28-22(18)31)30(7)24(32)33-25(3,4)5/h8,10-14H,1,9H2,2-7H3. The third-order valence-electron chi connectivity index (χ3n) is 5.32. The number of halogens is 1. The third-order valence-corrected chi connectivity index (χ3v) is 5.32. The minimum absolute atomic E-state index is 0.301. The molecule has 3 aromatic heterocycles. The number of fused-ring (bicyclic) bond motifs is 3. The van der Waals surface area contributed by atoms with Gasteiger partial charge >= 0.3 is 6.09 Å². The number of benzene rings is 1. The lowest BCUT2D eigenvalue weighted by Crippen LogP contribution is -2.34. The molecule has 0 aliphatic carbocycles. The van der Waals surface area contributed by atoms with Gasteiger partial charge in [0, 0.05) is 31.6 Å². The van der Waals surface area contributed by atoms with E-state index < -0.39 is 11.7 Å². The molecule has 0 bridgehead atoms. The number of allylic oxidation sites excluding steroid dienone is 1. The molecule has 0 unspecified atom stereocenters. The van der Waals surface area contributed by atoms with Gasteiger partial charge in [0.1, 0.15) is 22.6 Å². The molecule has 0 N–H and O–H groups in total. The summed E-state index contributed by atoms with van der Waals surface area (Å²) in [5, 5.41) is 0.852. The first-order valence-corrected chi connectivity index (χ1v) is 10.7. The maximum absolute atomic E-state index is 14.2. The molecule has 0 saturated carbocycles. The van der Waals surface area contributed by atoms with Crippen LogP contribution in [0.4, 0.5) is 15.0 Å². The molecule has 0 aliphatic rings. The average Bonchev–Trinajstić information content (AvgIpc) is 3.26. The van der Waals surface area contributed by atoms with Gasteiger partial charge in [-0.3, -0.25) is 4.90 Å². The lowest BCUT2D eigenvalue weighted by atomic mass is 10.1. The van der Waals surface area contributed by atoms with E-state index in [2.05, 4.69) is 11.6 Å². The van der Waals surface area contributed by atoms with Gasteiger partial charge in [-0.2, -0.15) is 0 Å². The maximum atomic E-state index is 14.2. The smallest absolute Gasteiger partial charge is 0.415 e. The van der Waals surface area contributed by atoms with Crippen molar-refractivity contribution >= 4 is 34.0 Å². The Bertz CT molecular complexity index is 1370. The minimum atomic E-state index is -0.649. The number of carbonyl (C=O) groups is 1. The van der Waals surface area contributed by atoms with Crippen LogP contribution in [-0.4, -0.2) is 37.8 Å². The SMILES string of the molecule is C=CCn1c(-c2cc(C)cc(F)c2)cc2c3c(ncn3C)c(N(C)C(=O)OC(C)(C)C)nc21. The zero-order valence-corrected chi connectivity index (χ0v) is 19.8. The van der Waals surface area contributed by atoms with Crippen molar-refractivity contribution in [2.24, 2.45) is 7.05 Å². The van der Waals surface area contributed by atoms with Crippen molar-refractivity contribution < 1.29 is 13.9 Å². The van der Waals surface area contributed by atoms with E-state index in [1.807, 2.05) is 56.0 Å². The van der Waals surface area contributed by atoms with E-state index in [0.29, 0.717) is 23.5 Å². The fraction of sp³-hybridized carbons (Fsp3) is 0.320. The highest BCUT2D eigenvalue weighted by molar-refractivity contribution is 6.10. The Morgan fingerprint density at radius 3 is 2.64 bits per heavy atom. The van der Waals surface area contributed by atoms with E-state index in [1.54, 1.807) is 19.5 Å². The molecule has 0 aliphatic heterocycles. The van der Waals surface area contributed by atoms with Crippen molar-refractivity contribution in [3.63, 3.8) is 0 Å². The molecule has 0 atom stereocenters. The summed E-state index contributed by atoms with van der Waals surface area (Å²) in [5.74, 6) is 0.0853. The minimum Gasteiger partial charge on any atom is -0.443 e. The summed E-state index contributed by atoms with van der Waals surface area (Å²) in [6.07, 6.45) is 2.93. The zero-order chi connectivity index (χ0) is 24.1. The number of pyridine rings is 1. The third kappa shape index (κ3) is 4.08. The van der Waals surface area contributed by atoms with Crippen molar-refractivity contribution in [1.82, 2.24) is 19.1 Å². The molecule has 8 heteroatoms. The second-order valence-electron chi connectivity index (χ2n) is 9.21. The van der Waals surface area contributed by atoms with Gasteiger partial charge in [0.15, 0.2) is 5.82 Å². The van der Waals surface area contributed by atoms with Gasteiger partial charge in [0.25, 0.3) is 0 Å². The quantitative estimate of drug-likeness (QED) is 0.381. The fourth-order valence-corrected chi connectivity index (χ4v) is 3.99. The Hall–Kier alpha value is -3.68. The first-order chi connectivity index (χ1) is 15.5. The van der Waals surface area contributed by atoms with Gasteiger partial charge in [-0.25, -0.2) is 19.2 Å². The summed E-state index contributed by atoms with van der Waals surface area (Å²) in [4.78, 5) is 23.6. The predicted octanol–water partition coefficient (Wildman–Crippen LogP) is 5.59. The normalized spacial score (nSPS) is 11.8. The molecule has 7 nitrogen and oxygen atoms in total. The van der Waals surface area contributed by atoms with Gasteiger partial charge in [-0.05, 0) is 57.5 Å². The molecule has 3 heterocycles. The second-order valence-corrected chi connectivity index (χ2v) is 9.21. The molecule has 172 valence electrons. The molecule has 4 aromatic rings. The van der Waals surface area contributed by atoms with E-state index in [9.17, 15) is 9.18 Å². The summed E-state index contributed by atoms with van der Waals surface area (Å²) in [5.41, 5.74) is 3.77. The average molecular weight is 450 g/mol. The predicted molar refractivity (Wildman–Crippen MR) is 129 cm³/mol. The molecule has 0 saturated heterocycles. The Morgan fingerprint density at radius 1 is 1.27 bits per heavy atom. The van der Waals surface area contributed by atoms with Crippen LogP contribution in [0.25, 0.3) is 33.3 Å². The van der Waals surface area contributed by atoms with Crippen LogP contribution in [0.1, 0.15) is 26.3 Å². The molecular weight excluding hydrogens is 421 g/mol. The highest BCUT2D eigenvalue weighted by Gasteiger charge is 2.26. The number of hydrogen-bond acceptors (Lipinski definition) is 4. The van der Waals surface area contributed by atoms with E-state index >= 15 is 0 Å². The number of aromatic nitrogens is 4. The number of aryl methyl sites for hydroxylation is 2. The maximum Gasteiger partial charge on any atom is 0.415 e. The first-order valence-electron chi connectivity index (χ1n) is 10.7. The highest BCUT2D eigenvalue weighted by atomic mass is 19.1. The van der Waals surface area contributed by atoms with Crippen LogP contribution in [-0.2, 0) is 18.3 Å². The van der Waals surface area contributed by atoms with Crippen LogP contribution in [0, 0.1) is 12.7 Å². The van der Waals surface area contributed by atoms with Crippen LogP contribution >= 0.6 is 0 Å². The van der Waals surface area contributed by atoms with Gasteiger partial charge in [0.05, 0.1) is 17.5 Å². The van der Waals surface area contributed by atoms with E-state index in [1.165, 1.54) is 17.0 Å². The topological polar surface area (TPSA) is 65.2 Å². The van der Waals surface area contributed by atoms with Crippen LogP contribution in [0.2, 0.25) is 0 Å². The Balaban J connectivity index is 2.01. The van der Waals surface area contributed by atoms with Crippen molar-refractivity contribution in [1.29, 1.82) is 0 Å².